The Balaban J connectivity index is 2.62. The van der Waals surface area contributed by atoms with Gasteiger partial charge in [0.1, 0.15) is 5.82 Å². The molecular weight excluding hydrogens is 250 g/mol. The molecule has 1 heterocycles. The van der Waals surface area contributed by atoms with Gasteiger partial charge in [0, 0.05) is 19.0 Å². The van der Waals surface area contributed by atoms with Gasteiger partial charge in [-0.25, -0.2) is 8.42 Å². The van der Waals surface area contributed by atoms with Crippen LogP contribution in [0.1, 0.15) is 18.5 Å². The van der Waals surface area contributed by atoms with Crippen LogP contribution in [-0.2, 0) is 17.1 Å². The van der Waals surface area contributed by atoms with E-state index in [1.54, 1.807) is 13.1 Å². The van der Waals surface area contributed by atoms with Crippen molar-refractivity contribution in [2.24, 2.45) is 7.05 Å². The fourth-order valence-corrected chi connectivity index (χ4v) is 2.69. The highest BCUT2D eigenvalue weighted by Crippen LogP contribution is 2.11. The van der Waals surface area contributed by atoms with Gasteiger partial charge in [-0.05, 0) is 19.8 Å². The molecule has 0 atom stereocenters. The van der Waals surface area contributed by atoms with E-state index in [4.69, 9.17) is 11.6 Å². The Hall–Kier alpha value is -0.750. The maximum absolute atomic E-state index is 11.6. The largest absolute Gasteiger partial charge is 0.268 e. The molecule has 7 heteroatoms. The summed E-state index contributed by atoms with van der Waals surface area (Å²) in [7, 11) is -1.59. The molecule has 0 bridgehead atoms. The van der Waals surface area contributed by atoms with Crippen LogP contribution in [0.25, 0.3) is 0 Å². The van der Waals surface area contributed by atoms with Gasteiger partial charge in [0.15, 0.2) is 0 Å². The number of aryl methyl sites for hydroxylation is 2. The molecule has 0 saturated heterocycles. The second-order valence-corrected chi connectivity index (χ2v) is 5.83. The van der Waals surface area contributed by atoms with Gasteiger partial charge in [0.2, 0.25) is 10.0 Å². The zero-order valence-electron chi connectivity index (χ0n) is 9.40. The number of aromatic nitrogens is 2. The van der Waals surface area contributed by atoms with E-state index in [1.165, 1.54) is 4.68 Å². The predicted octanol–water partition coefficient (Wildman–Crippen LogP) is 1.49. The van der Waals surface area contributed by atoms with Crippen molar-refractivity contribution in [1.82, 2.24) is 9.78 Å². The fraction of sp³-hybridized carbons (Fsp3) is 0.667. The van der Waals surface area contributed by atoms with Gasteiger partial charge in [0.05, 0.1) is 11.4 Å². The lowest BCUT2D eigenvalue weighted by Gasteiger charge is -2.06. The number of sulfonamides is 1. The lowest BCUT2D eigenvalue weighted by molar-refractivity contribution is 0.597. The summed E-state index contributed by atoms with van der Waals surface area (Å²) < 4.78 is 27.3. The topological polar surface area (TPSA) is 64.0 Å². The summed E-state index contributed by atoms with van der Waals surface area (Å²) in [4.78, 5) is 0. The van der Waals surface area contributed by atoms with E-state index in [2.05, 4.69) is 9.82 Å². The first-order valence-corrected chi connectivity index (χ1v) is 7.20. The molecule has 1 aromatic heterocycles. The minimum Gasteiger partial charge on any atom is -0.268 e. The van der Waals surface area contributed by atoms with Crippen molar-refractivity contribution in [3.8, 4) is 0 Å². The number of nitrogens with zero attached hydrogens (tertiary/aromatic N) is 2. The molecule has 0 spiro atoms. The third-order valence-electron chi connectivity index (χ3n) is 2.06. The van der Waals surface area contributed by atoms with E-state index in [1.807, 2.05) is 6.92 Å². The molecule has 0 aliphatic rings. The van der Waals surface area contributed by atoms with Crippen LogP contribution in [0, 0.1) is 6.92 Å². The van der Waals surface area contributed by atoms with Crippen LogP contribution >= 0.6 is 11.6 Å². The molecule has 0 saturated carbocycles. The maximum atomic E-state index is 11.6. The molecule has 0 fully saturated rings. The fourth-order valence-electron chi connectivity index (χ4n) is 1.30. The van der Waals surface area contributed by atoms with E-state index in [0.29, 0.717) is 24.5 Å². The molecule has 0 radical (unpaired) electrons. The summed E-state index contributed by atoms with van der Waals surface area (Å²) in [6.07, 6.45) is 1.27. The molecule has 0 aromatic carbocycles. The molecule has 1 rings (SSSR count). The van der Waals surface area contributed by atoms with Crippen LogP contribution < -0.4 is 4.72 Å². The van der Waals surface area contributed by atoms with Crippen LogP contribution in [0.2, 0.25) is 0 Å². The number of rotatable bonds is 6. The minimum atomic E-state index is -3.29. The second-order valence-electron chi connectivity index (χ2n) is 3.61. The SMILES string of the molecule is Cc1cc(NS(=O)(=O)CCCCCl)n(C)n1. The van der Waals surface area contributed by atoms with E-state index < -0.39 is 10.0 Å². The van der Waals surface area contributed by atoms with Gasteiger partial charge in [0.25, 0.3) is 0 Å². The van der Waals surface area contributed by atoms with Crippen molar-refractivity contribution in [2.75, 3.05) is 16.4 Å². The van der Waals surface area contributed by atoms with Crippen LogP contribution in [-0.4, -0.2) is 29.8 Å². The minimum absolute atomic E-state index is 0.0872. The number of nitrogens with one attached hydrogen (secondary N) is 1. The summed E-state index contributed by atoms with van der Waals surface area (Å²) >= 11 is 5.49. The summed E-state index contributed by atoms with van der Waals surface area (Å²) in [5.74, 6) is 1.06. The molecule has 0 aliphatic heterocycles. The third kappa shape index (κ3) is 4.02. The Bertz CT molecular complexity index is 442. The maximum Gasteiger partial charge on any atom is 0.233 e. The van der Waals surface area contributed by atoms with Crippen molar-refractivity contribution in [2.45, 2.75) is 19.8 Å². The molecule has 0 aliphatic carbocycles. The average molecular weight is 266 g/mol. The number of hydrogen-bond donors (Lipinski definition) is 1. The monoisotopic (exact) mass is 265 g/mol. The van der Waals surface area contributed by atoms with Gasteiger partial charge < -0.3 is 0 Å². The zero-order chi connectivity index (χ0) is 12.2. The van der Waals surface area contributed by atoms with Gasteiger partial charge in [-0.1, -0.05) is 0 Å². The number of unbranched alkanes of at least 4 members (excludes halogenated alkanes) is 1. The van der Waals surface area contributed by atoms with Crippen molar-refractivity contribution in [3.63, 3.8) is 0 Å². The first-order chi connectivity index (χ1) is 7.44. The molecule has 5 nitrogen and oxygen atoms in total. The summed E-state index contributed by atoms with van der Waals surface area (Å²) in [6.45, 7) is 1.81. The van der Waals surface area contributed by atoms with Crippen LogP contribution in [0.4, 0.5) is 5.82 Å². The Morgan fingerprint density at radius 1 is 1.50 bits per heavy atom. The standard InChI is InChI=1S/C9H16ClN3O2S/c1-8-7-9(13(2)11-8)12-16(14,15)6-4-3-5-10/h7,12H,3-6H2,1-2H3. The lowest BCUT2D eigenvalue weighted by atomic mass is 10.4. The van der Waals surface area contributed by atoms with Crippen molar-refractivity contribution in [3.05, 3.63) is 11.8 Å². The lowest BCUT2D eigenvalue weighted by Crippen LogP contribution is -2.18. The van der Waals surface area contributed by atoms with Gasteiger partial charge in [-0.2, -0.15) is 5.10 Å². The van der Waals surface area contributed by atoms with Gasteiger partial charge in [-0.15, -0.1) is 11.6 Å². The molecule has 16 heavy (non-hydrogen) atoms. The molecular formula is C9H16ClN3O2S. The number of alkyl halides is 1. The molecule has 0 amide bonds. The molecule has 0 unspecified atom stereocenters. The average Bonchev–Trinajstić information content (AvgIpc) is 2.44. The molecule has 92 valence electrons. The normalized spacial score (nSPS) is 11.7. The van der Waals surface area contributed by atoms with E-state index in [0.717, 1.165) is 5.69 Å². The summed E-state index contributed by atoms with van der Waals surface area (Å²) in [5, 5.41) is 4.06. The summed E-state index contributed by atoms with van der Waals surface area (Å²) in [5.41, 5.74) is 0.779. The number of halogens is 1. The Labute approximate surface area is 101 Å². The highest BCUT2D eigenvalue weighted by atomic mass is 35.5. The highest BCUT2D eigenvalue weighted by molar-refractivity contribution is 7.92. The Morgan fingerprint density at radius 3 is 2.69 bits per heavy atom. The van der Waals surface area contributed by atoms with Gasteiger partial charge in [-0.3, -0.25) is 9.40 Å². The van der Waals surface area contributed by atoms with E-state index >= 15 is 0 Å². The van der Waals surface area contributed by atoms with Crippen molar-refractivity contribution >= 4 is 27.4 Å². The third-order valence-corrected chi connectivity index (χ3v) is 3.67. The number of hydrogen-bond acceptors (Lipinski definition) is 3. The van der Waals surface area contributed by atoms with Crippen molar-refractivity contribution < 1.29 is 8.42 Å². The van der Waals surface area contributed by atoms with Crippen LogP contribution in [0.3, 0.4) is 0 Å². The Morgan fingerprint density at radius 2 is 2.19 bits per heavy atom. The van der Waals surface area contributed by atoms with Gasteiger partial charge >= 0.3 is 0 Å². The smallest absolute Gasteiger partial charge is 0.233 e. The molecule has 1 N–H and O–H groups in total. The van der Waals surface area contributed by atoms with Crippen LogP contribution in [0.15, 0.2) is 6.07 Å². The number of anilines is 1. The Kier molecular flexibility index (Phi) is 4.61. The zero-order valence-corrected chi connectivity index (χ0v) is 11.0. The summed E-state index contributed by atoms with van der Waals surface area (Å²) in [6, 6.07) is 1.69. The quantitative estimate of drug-likeness (QED) is 0.626. The first-order valence-electron chi connectivity index (χ1n) is 5.02. The first kappa shape index (κ1) is 13.3. The van der Waals surface area contributed by atoms with E-state index in [-0.39, 0.29) is 5.75 Å². The van der Waals surface area contributed by atoms with E-state index in [9.17, 15) is 8.42 Å². The van der Waals surface area contributed by atoms with Crippen molar-refractivity contribution in [1.29, 1.82) is 0 Å². The predicted molar refractivity (Wildman–Crippen MR) is 65.3 cm³/mol. The second kappa shape index (κ2) is 5.54. The molecule has 1 aromatic rings. The highest BCUT2D eigenvalue weighted by Gasteiger charge is 2.12. The van der Waals surface area contributed by atoms with Crippen LogP contribution in [0.5, 0.6) is 0 Å².